The van der Waals surface area contributed by atoms with Gasteiger partial charge in [-0.1, -0.05) is 5.92 Å². The number of nitrogens with two attached hydrogens (primary N) is 1. The zero-order valence-electron chi connectivity index (χ0n) is 6.61. The van der Waals surface area contributed by atoms with Crippen molar-refractivity contribution in [2.75, 3.05) is 0 Å². The first-order valence-corrected chi connectivity index (χ1v) is 3.43. The molecule has 0 radical (unpaired) electrons. The van der Waals surface area contributed by atoms with Crippen molar-refractivity contribution >= 4 is 5.91 Å². The van der Waals surface area contributed by atoms with E-state index in [2.05, 4.69) is 11.8 Å². The maximum atomic E-state index is 10.3. The maximum Gasteiger partial charge on any atom is 0.293 e. The Morgan fingerprint density at radius 3 is 2.54 bits per heavy atom. The van der Waals surface area contributed by atoms with E-state index >= 15 is 0 Å². The number of carbonyl (C=O) groups is 1. The van der Waals surface area contributed by atoms with E-state index in [-0.39, 0.29) is 11.5 Å². The van der Waals surface area contributed by atoms with Crippen molar-refractivity contribution in [3.05, 3.63) is 23.8 Å². The van der Waals surface area contributed by atoms with Crippen LogP contribution < -0.4 is 5.73 Å². The molecule has 4 nitrogen and oxygen atoms in total. The summed E-state index contributed by atoms with van der Waals surface area (Å²) < 4.78 is 0. The summed E-state index contributed by atoms with van der Waals surface area (Å²) in [5, 5.41) is 18.0. The molecule has 0 saturated carbocycles. The highest BCUT2D eigenvalue weighted by molar-refractivity contribution is 5.92. The fraction of sp³-hybridized carbons (Fsp3) is 0. The molecule has 0 aliphatic heterocycles. The first-order chi connectivity index (χ1) is 6.09. The van der Waals surface area contributed by atoms with Gasteiger partial charge in [-0.05, 0) is 24.1 Å². The normalized spacial score (nSPS) is 8.62. The molecular weight excluding hydrogens is 170 g/mol. The fourth-order valence-electron chi connectivity index (χ4n) is 0.735. The zero-order valence-corrected chi connectivity index (χ0v) is 6.61. The maximum absolute atomic E-state index is 10.3. The van der Waals surface area contributed by atoms with Crippen LogP contribution in [0.15, 0.2) is 18.2 Å². The Balaban J connectivity index is 3.00. The van der Waals surface area contributed by atoms with Gasteiger partial charge in [0.2, 0.25) is 0 Å². The first kappa shape index (κ1) is 8.94. The molecule has 1 amide bonds. The van der Waals surface area contributed by atoms with Crippen molar-refractivity contribution in [3.63, 3.8) is 0 Å². The van der Waals surface area contributed by atoms with Gasteiger partial charge in [0.15, 0.2) is 11.5 Å². The highest BCUT2D eigenvalue weighted by Crippen LogP contribution is 2.24. The molecule has 4 heteroatoms. The number of hydrogen-bond donors (Lipinski definition) is 3. The Morgan fingerprint density at radius 1 is 1.31 bits per heavy atom. The van der Waals surface area contributed by atoms with Gasteiger partial charge in [-0.15, -0.1) is 0 Å². The third kappa shape index (κ3) is 2.42. The second kappa shape index (κ2) is 3.50. The molecule has 4 N–H and O–H groups in total. The molecule has 0 unspecified atom stereocenters. The zero-order chi connectivity index (χ0) is 9.84. The smallest absolute Gasteiger partial charge is 0.293 e. The summed E-state index contributed by atoms with van der Waals surface area (Å²) >= 11 is 0. The van der Waals surface area contributed by atoms with E-state index in [1.54, 1.807) is 0 Å². The summed E-state index contributed by atoms with van der Waals surface area (Å²) in [6.07, 6.45) is 0. The van der Waals surface area contributed by atoms with Crippen molar-refractivity contribution in [3.8, 4) is 23.3 Å². The second-order valence-electron chi connectivity index (χ2n) is 2.32. The summed E-state index contributed by atoms with van der Waals surface area (Å²) in [6.45, 7) is 0. The molecule has 0 fully saturated rings. The van der Waals surface area contributed by atoms with Crippen molar-refractivity contribution in [1.82, 2.24) is 0 Å². The molecule has 13 heavy (non-hydrogen) atoms. The molecule has 0 atom stereocenters. The SMILES string of the molecule is NC(=O)C#Cc1ccc(O)c(O)c1. The van der Waals surface area contributed by atoms with Crippen LogP contribution in [0.5, 0.6) is 11.5 Å². The number of benzene rings is 1. The van der Waals surface area contributed by atoms with Gasteiger partial charge >= 0.3 is 0 Å². The molecule has 0 spiro atoms. The standard InChI is InChI=1S/C9H7NO3/c10-9(13)4-2-6-1-3-7(11)8(12)5-6/h1,3,5,11-12H,(H2,10,13). The minimum absolute atomic E-state index is 0.232. The Kier molecular flexibility index (Phi) is 2.41. The number of phenols is 2. The quantitative estimate of drug-likeness (QED) is 0.383. The lowest BCUT2D eigenvalue weighted by molar-refractivity contribution is -0.112. The van der Waals surface area contributed by atoms with Crippen LogP contribution in [0, 0.1) is 11.8 Å². The number of aromatic hydroxyl groups is 2. The number of rotatable bonds is 0. The van der Waals surface area contributed by atoms with E-state index in [4.69, 9.17) is 15.9 Å². The number of amides is 1. The van der Waals surface area contributed by atoms with E-state index < -0.39 is 5.91 Å². The van der Waals surface area contributed by atoms with Gasteiger partial charge in [-0.3, -0.25) is 4.79 Å². The van der Waals surface area contributed by atoms with Crippen LogP contribution in [0.2, 0.25) is 0 Å². The van der Waals surface area contributed by atoms with Crippen LogP contribution in [-0.2, 0) is 4.79 Å². The van der Waals surface area contributed by atoms with Gasteiger partial charge in [-0.2, -0.15) is 0 Å². The van der Waals surface area contributed by atoms with Gasteiger partial charge in [0.05, 0.1) is 0 Å². The molecule has 66 valence electrons. The van der Waals surface area contributed by atoms with Gasteiger partial charge in [0, 0.05) is 5.56 Å². The highest BCUT2D eigenvalue weighted by atomic mass is 16.3. The summed E-state index contributed by atoms with van der Waals surface area (Å²) in [6, 6.07) is 3.98. The van der Waals surface area contributed by atoms with Crippen molar-refractivity contribution in [2.45, 2.75) is 0 Å². The second-order valence-corrected chi connectivity index (χ2v) is 2.32. The molecule has 0 heterocycles. The minimum Gasteiger partial charge on any atom is -0.504 e. The van der Waals surface area contributed by atoms with E-state index in [0.717, 1.165) is 0 Å². The van der Waals surface area contributed by atoms with E-state index in [1.165, 1.54) is 18.2 Å². The average Bonchev–Trinajstić information content (AvgIpc) is 2.07. The summed E-state index contributed by atoms with van der Waals surface area (Å²) in [5.41, 5.74) is 5.20. The Morgan fingerprint density at radius 2 is 2.00 bits per heavy atom. The molecule has 0 aliphatic carbocycles. The number of phenolic OH excluding ortho intramolecular Hbond substituents is 2. The van der Waals surface area contributed by atoms with E-state index in [0.29, 0.717) is 5.56 Å². The average molecular weight is 177 g/mol. The number of primary amides is 1. The number of carbonyl (C=O) groups excluding carboxylic acids is 1. The molecule has 0 aromatic heterocycles. The van der Waals surface area contributed by atoms with Gasteiger partial charge in [0.25, 0.3) is 5.91 Å². The highest BCUT2D eigenvalue weighted by Gasteiger charge is 1.97. The predicted molar refractivity (Wildman–Crippen MR) is 45.8 cm³/mol. The number of hydrogen-bond acceptors (Lipinski definition) is 3. The Hall–Kier alpha value is -2.15. The topological polar surface area (TPSA) is 83.6 Å². The molecule has 0 bridgehead atoms. The third-order valence-corrected chi connectivity index (χ3v) is 1.31. The largest absolute Gasteiger partial charge is 0.504 e. The van der Waals surface area contributed by atoms with Crippen LogP contribution in [0.4, 0.5) is 0 Å². The Labute approximate surface area is 74.6 Å². The molecule has 0 aliphatic rings. The van der Waals surface area contributed by atoms with Crippen molar-refractivity contribution in [1.29, 1.82) is 0 Å². The van der Waals surface area contributed by atoms with Crippen LogP contribution in [-0.4, -0.2) is 16.1 Å². The minimum atomic E-state index is -0.743. The lowest BCUT2D eigenvalue weighted by Gasteiger charge is -1.95. The summed E-state index contributed by atoms with van der Waals surface area (Å²) in [7, 11) is 0. The van der Waals surface area contributed by atoms with Gasteiger partial charge < -0.3 is 15.9 Å². The van der Waals surface area contributed by atoms with Gasteiger partial charge in [0.1, 0.15) is 0 Å². The van der Waals surface area contributed by atoms with Crippen LogP contribution in [0.1, 0.15) is 5.56 Å². The molecule has 0 saturated heterocycles. The predicted octanol–water partition coefficient (Wildman–Crippen LogP) is -0.0654. The molecular formula is C9H7NO3. The van der Waals surface area contributed by atoms with Crippen LogP contribution >= 0.6 is 0 Å². The monoisotopic (exact) mass is 177 g/mol. The molecule has 1 aromatic rings. The summed E-state index contributed by atoms with van der Waals surface area (Å²) in [5.74, 6) is 3.27. The third-order valence-electron chi connectivity index (χ3n) is 1.31. The van der Waals surface area contributed by atoms with Gasteiger partial charge in [-0.25, -0.2) is 0 Å². The molecule has 1 rings (SSSR count). The molecule has 1 aromatic carbocycles. The Bertz CT molecular complexity index is 401. The van der Waals surface area contributed by atoms with E-state index in [1.807, 2.05) is 0 Å². The summed E-state index contributed by atoms with van der Waals surface area (Å²) in [4.78, 5) is 10.3. The lowest BCUT2D eigenvalue weighted by Crippen LogP contribution is -2.06. The lowest BCUT2D eigenvalue weighted by atomic mass is 10.2. The fourth-order valence-corrected chi connectivity index (χ4v) is 0.735. The van der Waals surface area contributed by atoms with Crippen molar-refractivity contribution in [2.24, 2.45) is 5.73 Å². The van der Waals surface area contributed by atoms with Crippen LogP contribution in [0.3, 0.4) is 0 Å². The van der Waals surface area contributed by atoms with Crippen molar-refractivity contribution < 1.29 is 15.0 Å². The van der Waals surface area contributed by atoms with E-state index in [9.17, 15) is 4.79 Å². The first-order valence-electron chi connectivity index (χ1n) is 3.43. The van der Waals surface area contributed by atoms with Crippen LogP contribution in [0.25, 0.3) is 0 Å².